The van der Waals surface area contributed by atoms with E-state index < -0.39 is 0 Å². The Balaban J connectivity index is 1.60. The molecule has 0 bridgehead atoms. The van der Waals surface area contributed by atoms with Gasteiger partial charge in [0, 0.05) is 11.9 Å². The van der Waals surface area contributed by atoms with Crippen molar-refractivity contribution in [3.8, 4) is 0 Å². The average molecular weight is 346 g/mol. The van der Waals surface area contributed by atoms with Gasteiger partial charge in [0.25, 0.3) is 0 Å². The molecule has 6 heteroatoms. The molecule has 0 N–H and O–H groups in total. The van der Waals surface area contributed by atoms with Crippen LogP contribution >= 0.6 is 11.8 Å². The summed E-state index contributed by atoms with van der Waals surface area (Å²) in [5, 5.41) is 11.7. The van der Waals surface area contributed by atoms with Crippen LogP contribution in [0.4, 0.5) is 5.69 Å². The van der Waals surface area contributed by atoms with Crippen LogP contribution in [0.1, 0.15) is 5.76 Å². The van der Waals surface area contributed by atoms with Crippen molar-refractivity contribution in [3.63, 3.8) is 0 Å². The summed E-state index contributed by atoms with van der Waals surface area (Å²) < 4.78 is 6.07. The van der Waals surface area contributed by atoms with E-state index >= 15 is 0 Å². The molecular weight excluding hydrogens is 332 g/mol. The van der Waals surface area contributed by atoms with Gasteiger partial charge in [0.15, 0.2) is 16.0 Å². The van der Waals surface area contributed by atoms with Crippen molar-refractivity contribution in [2.24, 2.45) is 15.2 Å². The highest BCUT2D eigenvalue weighted by atomic mass is 32.2. The van der Waals surface area contributed by atoms with Crippen molar-refractivity contribution >= 4 is 39.3 Å². The molecule has 0 amide bonds. The number of azo groups is 1. The van der Waals surface area contributed by atoms with Gasteiger partial charge in [-0.2, -0.15) is 0 Å². The fraction of sp³-hybridized carbons (Fsp3) is 0.105. The van der Waals surface area contributed by atoms with Crippen LogP contribution in [-0.2, 0) is 0 Å². The summed E-state index contributed by atoms with van der Waals surface area (Å²) in [6.07, 6.45) is 0. The first-order chi connectivity index (χ1) is 12.4. The molecule has 122 valence electrons. The Bertz CT molecular complexity index is 1000. The second kappa shape index (κ2) is 5.89. The maximum absolute atomic E-state index is 6.07. The normalized spacial score (nSPS) is 17.0. The van der Waals surface area contributed by atoms with Crippen LogP contribution in [0.5, 0.6) is 0 Å². The molecule has 3 heterocycles. The number of furan rings is 1. The molecule has 0 atom stereocenters. The molecule has 2 aliphatic rings. The second-order valence-electron chi connectivity index (χ2n) is 5.76. The Kier molecular flexibility index (Phi) is 3.41. The van der Waals surface area contributed by atoms with Gasteiger partial charge >= 0.3 is 0 Å². The number of nitrogens with zero attached hydrogens (tertiary/aromatic N) is 4. The third-order valence-electron chi connectivity index (χ3n) is 4.13. The van der Waals surface area contributed by atoms with Crippen LogP contribution < -0.4 is 0 Å². The van der Waals surface area contributed by atoms with Gasteiger partial charge in [-0.3, -0.25) is 4.99 Å². The van der Waals surface area contributed by atoms with Crippen molar-refractivity contribution in [1.29, 1.82) is 0 Å². The van der Waals surface area contributed by atoms with E-state index in [-0.39, 0.29) is 0 Å². The number of rotatable bonds is 3. The number of thioether (sulfide) groups is 1. The van der Waals surface area contributed by atoms with Crippen LogP contribution in [0.15, 0.2) is 85.3 Å². The molecule has 0 saturated carbocycles. The Hall–Kier alpha value is -2.86. The zero-order valence-electron chi connectivity index (χ0n) is 13.3. The summed E-state index contributed by atoms with van der Waals surface area (Å²) in [4.78, 5) is 6.72. The molecule has 3 aromatic rings. The minimum atomic E-state index is 0.801. The standard InChI is InChI=1S/C19H14N4OS/c1-2-7-14(8-3-1)21-22-18-17(23-11-10-20-19(23)25-18)16-12-13-6-4-5-9-15(13)24-16/h1-9,12H,10-11H2. The molecule has 0 saturated heterocycles. The van der Waals surface area contributed by atoms with Gasteiger partial charge < -0.3 is 9.32 Å². The van der Waals surface area contributed by atoms with Gasteiger partial charge in [-0.15, -0.1) is 10.2 Å². The number of fused-ring (bicyclic) bond motifs is 2. The summed E-state index contributed by atoms with van der Waals surface area (Å²) in [6.45, 7) is 1.65. The molecule has 5 nitrogen and oxygen atoms in total. The molecule has 0 spiro atoms. The third-order valence-corrected chi connectivity index (χ3v) is 5.13. The van der Waals surface area contributed by atoms with Crippen LogP contribution in [0.3, 0.4) is 0 Å². The van der Waals surface area contributed by atoms with E-state index in [0.29, 0.717) is 0 Å². The minimum Gasteiger partial charge on any atom is -0.454 e. The molecule has 0 aliphatic carbocycles. The lowest BCUT2D eigenvalue weighted by atomic mass is 10.2. The van der Waals surface area contributed by atoms with Crippen LogP contribution in [0, 0.1) is 0 Å². The second-order valence-corrected chi connectivity index (χ2v) is 6.71. The van der Waals surface area contributed by atoms with Gasteiger partial charge in [-0.25, -0.2) is 0 Å². The number of benzene rings is 2. The lowest BCUT2D eigenvalue weighted by Crippen LogP contribution is -2.19. The van der Waals surface area contributed by atoms with Gasteiger partial charge in [0.2, 0.25) is 0 Å². The first-order valence-electron chi connectivity index (χ1n) is 8.08. The van der Waals surface area contributed by atoms with Crippen LogP contribution in [-0.4, -0.2) is 23.2 Å². The monoisotopic (exact) mass is 346 g/mol. The molecule has 0 radical (unpaired) electrons. The maximum Gasteiger partial charge on any atom is 0.170 e. The highest BCUT2D eigenvalue weighted by Crippen LogP contribution is 2.43. The van der Waals surface area contributed by atoms with Crippen molar-refractivity contribution in [3.05, 3.63) is 71.5 Å². The summed E-state index contributed by atoms with van der Waals surface area (Å²) in [7, 11) is 0. The zero-order valence-corrected chi connectivity index (χ0v) is 14.1. The Labute approximate surface area is 148 Å². The Morgan fingerprint density at radius 2 is 1.84 bits per heavy atom. The minimum absolute atomic E-state index is 0.801. The van der Waals surface area contributed by atoms with E-state index in [2.05, 4.69) is 32.3 Å². The number of hydrogen-bond donors (Lipinski definition) is 0. The van der Waals surface area contributed by atoms with Crippen molar-refractivity contribution in [1.82, 2.24) is 4.90 Å². The molecule has 2 aliphatic heterocycles. The quantitative estimate of drug-likeness (QED) is 0.608. The number of amidine groups is 1. The number of para-hydroxylation sites is 1. The molecule has 0 unspecified atom stereocenters. The molecule has 2 aromatic carbocycles. The largest absolute Gasteiger partial charge is 0.454 e. The predicted octanol–water partition coefficient (Wildman–Crippen LogP) is 5.26. The Morgan fingerprint density at radius 1 is 1.00 bits per heavy atom. The van der Waals surface area contributed by atoms with E-state index in [4.69, 9.17) is 4.42 Å². The van der Waals surface area contributed by atoms with Gasteiger partial charge in [-0.1, -0.05) is 36.4 Å². The SMILES string of the molecule is c1ccc(N=NC2=C(c3cc4ccccc4o3)N3CCN=C3S2)cc1. The number of aliphatic imine (C=N–C) groups is 1. The van der Waals surface area contributed by atoms with Gasteiger partial charge in [-0.05, 0) is 36.0 Å². The highest BCUT2D eigenvalue weighted by molar-refractivity contribution is 8.17. The first-order valence-corrected chi connectivity index (χ1v) is 8.90. The third kappa shape index (κ3) is 2.55. The molecule has 5 rings (SSSR count). The Morgan fingerprint density at radius 3 is 2.72 bits per heavy atom. The summed E-state index contributed by atoms with van der Waals surface area (Å²) in [6, 6.07) is 19.8. The topological polar surface area (TPSA) is 53.5 Å². The summed E-state index contributed by atoms with van der Waals surface area (Å²) >= 11 is 1.55. The van der Waals surface area contributed by atoms with E-state index in [1.807, 2.05) is 48.5 Å². The van der Waals surface area contributed by atoms with Crippen molar-refractivity contribution in [2.75, 3.05) is 13.1 Å². The fourth-order valence-electron chi connectivity index (χ4n) is 2.97. The average Bonchev–Trinajstić information content (AvgIpc) is 3.34. The molecule has 0 fully saturated rings. The van der Waals surface area contributed by atoms with Crippen molar-refractivity contribution < 1.29 is 4.42 Å². The van der Waals surface area contributed by atoms with Crippen LogP contribution in [0.2, 0.25) is 0 Å². The maximum atomic E-state index is 6.07. The molecule has 25 heavy (non-hydrogen) atoms. The van der Waals surface area contributed by atoms with E-state index in [0.717, 1.165) is 51.4 Å². The highest BCUT2D eigenvalue weighted by Gasteiger charge is 2.35. The van der Waals surface area contributed by atoms with Gasteiger partial charge in [0.1, 0.15) is 11.3 Å². The lowest BCUT2D eigenvalue weighted by molar-refractivity contribution is 0.557. The summed E-state index contributed by atoms with van der Waals surface area (Å²) in [5.41, 5.74) is 2.66. The smallest absolute Gasteiger partial charge is 0.170 e. The van der Waals surface area contributed by atoms with Crippen molar-refractivity contribution in [2.45, 2.75) is 0 Å². The van der Waals surface area contributed by atoms with E-state index in [1.54, 1.807) is 11.8 Å². The molecular formula is C19H14N4OS. The van der Waals surface area contributed by atoms with Crippen LogP contribution in [0.25, 0.3) is 16.7 Å². The predicted molar refractivity (Wildman–Crippen MR) is 101 cm³/mol. The van der Waals surface area contributed by atoms with E-state index in [1.165, 1.54) is 0 Å². The lowest BCUT2D eigenvalue weighted by Gasteiger charge is -2.13. The number of hydrogen-bond acceptors (Lipinski definition) is 6. The van der Waals surface area contributed by atoms with E-state index in [9.17, 15) is 0 Å². The fourth-order valence-corrected chi connectivity index (χ4v) is 3.98. The molecule has 1 aromatic heterocycles. The van der Waals surface area contributed by atoms with Gasteiger partial charge in [0.05, 0.1) is 12.2 Å². The summed E-state index contributed by atoms with van der Waals surface area (Å²) in [5.74, 6) is 0.808. The first kappa shape index (κ1) is 14.5. The zero-order chi connectivity index (χ0) is 16.6.